The van der Waals surface area contributed by atoms with E-state index in [1.54, 1.807) is 11.1 Å². The van der Waals surface area contributed by atoms with Gasteiger partial charge >= 0.3 is 6.03 Å². The van der Waals surface area contributed by atoms with Crippen molar-refractivity contribution >= 4 is 22.9 Å². The number of anilines is 1. The van der Waals surface area contributed by atoms with E-state index in [4.69, 9.17) is 0 Å². The Morgan fingerprint density at radius 3 is 2.52 bits per heavy atom. The number of fused-ring (bicyclic) bond motifs is 1. The molecule has 1 saturated carbocycles. The van der Waals surface area contributed by atoms with Crippen molar-refractivity contribution in [2.75, 3.05) is 18.9 Å². The highest BCUT2D eigenvalue weighted by molar-refractivity contribution is 5.91. The highest BCUT2D eigenvalue weighted by atomic mass is 19.1. The first kappa shape index (κ1) is 29.7. The molecule has 3 heterocycles. The standard InChI is InChI=1S/C30H43F2N7O/c1-3-4-5-6-7-8-9-10-11-15-39(2)30(40)37-23-14-12-13-22(17-23)36-29-26(32)20-35-28(38-29)25-19-34-27-24(25)16-21(31)18-33-27/h16,18-20,22-23H,3-15,17H2,1-2H3,(H,33,34)(H,37,40)(H,35,36,38)/t22-,23+/m0/s1. The molecule has 1 aliphatic carbocycles. The number of nitrogens with one attached hydrogen (secondary N) is 3. The van der Waals surface area contributed by atoms with Crippen LogP contribution < -0.4 is 10.6 Å². The molecule has 8 nitrogen and oxygen atoms in total. The second-order valence-corrected chi connectivity index (χ2v) is 11.0. The lowest BCUT2D eigenvalue weighted by atomic mass is 9.91. The zero-order chi connectivity index (χ0) is 28.3. The molecular weight excluding hydrogens is 512 g/mol. The van der Waals surface area contributed by atoms with Crippen molar-refractivity contribution < 1.29 is 13.6 Å². The smallest absolute Gasteiger partial charge is 0.317 e. The summed E-state index contributed by atoms with van der Waals surface area (Å²) in [4.78, 5) is 30.1. The molecule has 40 heavy (non-hydrogen) atoms. The molecule has 0 aromatic carbocycles. The molecule has 3 aromatic heterocycles. The minimum atomic E-state index is -0.556. The van der Waals surface area contributed by atoms with Crippen LogP contribution in [0.3, 0.4) is 0 Å². The maximum atomic E-state index is 14.7. The maximum absolute atomic E-state index is 14.7. The van der Waals surface area contributed by atoms with Gasteiger partial charge in [-0.2, -0.15) is 0 Å². The van der Waals surface area contributed by atoms with Crippen molar-refractivity contribution in [1.29, 1.82) is 0 Å². The number of H-pyrrole nitrogens is 1. The Balaban J connectivity index is 1.24. The largest absolute Gasteiger partial charge is 0.365 e. The number of carbonyl (C=O) groups excluding carboxylic acids is 1. The molecule has 0 saturated heterocycles. The predicted octanol–water partition coefficient (Wildman–Crippen LogP) is 7.19. The minimum Gasteiger partial charge on any atom is -0.365 e. The quantitative estimate of drug-likeness (QED) is 0.183. The lowest BCUT2D eigenvalue weighted by Crippen LogP contribution is -2.47. The lowest BCUT2D eigenvalue weighted by Gasteiger charge is -2.32. The number of carbonyl (C=O) groups is 1. The summed E-state index contributed by atoms with van der Waals surface area (Å²) in [6.45, 7) is 2.99. The average molecular weight is 556 g/mol. The molecule has 1 aliphatic rings. The van der Waals surface area contributed by atoms with Crippen LogP contribution in [0.5, 0.6) is 0 Å². The van der Waals surface area contributed by atoms with Crippen molar-refractivity contribution in [3.8, 4) is 11.4 Å². The van der Waals surface area contributed by atoms with Crippen molar-refractivity contribution in [3.63, 3.8) is 0 Å². The van der Waals surface area contributed by atoms with Crippen molar-refractivity contribution in [1.82, 2.24) is 30.2 Å². The third-order valence-corrected chi connectivity index (χ3v) is 7.77. The molecule has 0 aliphatic heterocycles. The number of amides is 2. The van der Waals surface area contributed by atoms with Crippen LogP contribution in [0.2, 0.25) is 0 Å². The fourth-order valence-corrected chi connectivity index (χ4v) is 5.45. The molecule has 0 radical (unpaired) electrons. The highest BCUT2D eigenvalue weighted by Gasteiger charge is 2.25. The van der Waals surface area contributed by atoms with Crippen molar-refractivity contribution in [2.24, 2.45) is 0 Å². The molecular formula is C30H43F2N7O. The van der Waals surface area contributed by atoms with E-state index >= 15 is 0 Å². The topological polar surface area (TPSA) is 98.8 Å². The van der Waals surface area contributed by atoms with Gasteiger partial charge in [0.1, 0.15) is 11.5 Å². The second-order valence-electron chi connectivity index (χ2n) is 11.0. The van der Waals surface area contributed by atoms with E-state index in [1.165, 1.54) is 51.0 Å². The van der Waals surface area contributed by atoms with Gasteiger partial charge in [0.2, 0.25) is 0 Å². The number of hydrogen-bond donors (Lipinski definition) is 3. The molecule has 0 unspecified atom stereocenters. The zero-order valence-corrected chi connectivity index (χ0v) is 23.8. The molecule has 4 rings (SSSR count). The van der Waals surface area contributed by atoms with Crippen LogP contribution >= 0.6 is 0 Å². The zero-order valence-electron chi connectivity index (χ0n) is 23.8. The van der Waals surface area contributed by atoms with Crippen molar-refractivity contribution in [3.05, 3.63) is 36.3 Å². The fourth-order valence-electron chi connectivity index (χ4n) is 5.45. The van der Waals surface area contributed by atoms with Crippen LogP contribution in [-0.2, 0) is 0 Å². The third kappa shape index (κ3) is 8.35. The maximum Gasteiger partial charge on any atom is 0.317 e. The Hall–Kier alpha value is -3.30. The summed E-state index contributed by atoms with van der Waals surface area (Å²) < 4.78 is 28.4. The molecule has 3 N–H and O–H groups in total. The van der Waals surface area contributed by atoms with Gasteiger partial charge in [-0.25, -0.2) is 28.5 Å². The molecule has 0 spiro atoms. The van der Waals surface area contributed by atoms with Gasteiger partial charge in [-0.3, -0.25) is 0 Å². The number of unbranched alkanes of at least 4 members (excludes halogenated alkanes) is 8. The van der Waals surface area contributed by atoms with E-state index in [-0.39, 0.29) is 29.8 Å². The van der Waals surface area contributed by atoms with Gasteiger partial charge in [0.15, 0.2) is 17.5 Å². The predicted molar refractivity (Wildman–Crippen MR) is 155 cm³/mol. The molecule has 2 amide bonds. The molecule has 3 aromatic rings. The van der Waals surface area contributed by atoms with E-state index in [0.717, 1.165) is 51.0 Å². The van der Waals surface area contributed by atoms with Crippen LogP contribution in [0.1, 0.15) is 90.4 Å². The number of pyridine rings is 1. The number of aromatic amines is 1. The number of urea groups is 1. The van der Waals surface area contributed by atoms with Gasteiger partial charge in [-0.05, 0) is 38.2 Å². The number of rotatable bonds is 14. The molecule has 218 valence electrons. The van der Waals surface area contributed by atoms with E-state index in [0.29, 0.717) is 23.0 Å². The van der Waals surface area contributed by atoms with E-state index < -0.39 is 11.6 Å². The van der Waals surface area contributed by atoms with Crippen LogP contribution in [0.15, 0.2) is 24.7 Å². The normalized spacial score (nSPS) is 17.2. The summed E-state index contributed by atoms with van der Waals surface area (Å²) in [6.07, 6.45) is 18.5. The number of hydrogen-bond acceptors (Lipinski definition) is 5. The van der Waals surface area contributed by atoms with Gasteiger partial charge < -0.3 is 20.5 Å². The van der Waals surface area contributed by atoms with Crippen LogP contribution in [0, 0.1) is 11.6 Å². The van der Waals surface area contributed by atoms with Crippen LogP contribution in [-0.4, -0.2) is 56.5 Å². The van der Waals surface area contributed by atoms with Crippen LogP contribution in [0.25, 0.3) is 22.4 Å². The first-order valence-corrected chi connectivity index (χ1v) is 14.9. The second kappa shape index (κ2) is 14.9. The first-order valence-electron chi connectivity index (χ1n) is 14.9. The molecule has 0 bridgehead atoms. The average Bonchev–Trinajstić information content (AvgIpc) is 3.36. The minimum absolute atomic E-state index is 0.0105. The fraction of sp³-hybridized carbons (Fsp3) is 0.600. The molecule has 2 atom stereocenters. The summed E-state index contributed by atoms with van der Waals surface area (Å²) in [7, 11) is 1.85. The van der Waals surface area contributed by atoms with Gasteiger partial charge in [0, 0.05) is 42.8 Å². The van der Waals surface area contributed by atoms with E-state index in [2.05, 4.69) is 37.5 Å². The highest BCUT2D eigenvalue weighted by Crippen LogP contribution is 2.28. The summed E-state index contributed by atoms with van der Waals surface area (Å²) in [5.41, 5.74) is 1.06. The lowest BCUT2D eigenvalue weighted by molar-refractivity contribution is 0.199. The Morgan fingerprint density at radius 1 is 1.02 bits per heavy atom. The monoisotopic (exact) mass is 555 g/mol. The Bertz CT molecular complexity index is 1230. The number of nitrogens with zero attached hydrogens (tertiary/aromatic N) is 4. The van der Waals surface area contributed by atoms with Crippen LogP contribution in [0.4, 0.5) is 19.4 Å². The van der Waals surface area contributed by atoms with E-state index in [9.17, 15) is 13.6 Å². The molecule has 1 fully saturated rings. The molecule has 10 heteroatoms. The third-order valence-electron chi connectivity index (χ3n) is 7.77. The Morgan fingerprint density at radius 2 is 1.75 bits per heavy atom. The van der Waals surface area contributed by atoms with Gasteiger partial charge in [-0.15, -0.1) is 0 Å². The Labute approximate surface area is 235 Å². The first-order chi connectivity index (χ1) is 19.4. The van der Waals surface area contributed by atoms with E-state index in [1.807, 2.05) is 7.05 Å². The summed E-state index contributed by atoms with van der Waals surface area (Å²) >= 11 is 0. The summed E-state index contributed by atoms with van der Waals surface area (Å²) in [5.74, 6) is -0.646. The van der Waals surface area contributed by atoms with Gasteiger partial charge in [-0.1, -0.05) is 58.3 Å². The summed E-state index contributed by atoms with van der Waals surface area (Å²) in [6, 6.07) is 1.27. The SMILES string of the molecule is CCCCCCCCCCCN(C)C(=O)N[C@@H]1CCC[C@H](Nc2nc(-c3c[nH]c4ncc(F)cc34)ncc2F)C1. The Kier molecular flexibility index (Phi) is 11.1. The van der Waals surface area contributed by atoms with Gasteiger partial charge in [0.25, 0.3) is 0 Å². The van der Waals surface area contributed by atoms with Crippen molar-refractivity contribution in [2.45, 2.75) is 102 Å². The summed E-state index contributed by atoms with van der Waals surface area (Å²) in [5, 5.41) is 6.92. The number of aromatic nitrogens is 4. The number of halogens is 2. The van der Waals surface area contributed by atoms with Gasteiger partial charge in [0.05, 0.1) is 12.4 Å².